The van der Waals surface area contributed by atoms with Crippen molar-refractivity contribution >= 4 is 35.6 Å². The predicted octanol–water partition coefficient (Wildman–Crippen LogP) is 3.37. The average molecular weight is 434 g/mol. The van der Waals surface area contributed by atoms with E-state index in [9.17, 15) is 9.59 Å². The lowest BCUT2D eigenvalue weighted by atomic mass is 9.89. The number of thiophene rings is 1. The number of nitrogens with two attached hydrogens (primary N) is 1. The van der Waals surface area contributed by atoms with Crippen molar-refractivity contribution < 1.29 is 9.59 Å². The van der Waals surface area contributed by atoms with E-state index in [-0.39, 0.29) is 42.1 Å². The lowest BCUT2D eigenvalue weighted by Crippen LogP contribution is -2.52. The Balaban J connectivity index is 0.00000240. The van der Waals surface area contributed by atoms with Crippen molar-refractivity contribution in [3.05, 3.63) is 58.3 Å². The van der Waals surface area contributed by atoms with Crippen LogP contribution >= 0.6 is 23.7 Å². The maximum absolute atomic E-state index is 13.4. The zero-order chi connectivity index (χ0) is 19.5. The van der Waals surface area contributed by atoms with Gasteiger partial charge in [0.2, 0.25) is 5.91 Å². The highest BCUT2D eigenvalue weighted by atomic mass is 35.5. The van der Waals surface area contributed by atoms with Gasteiger partial charge in [-0.25, -0.2) is 0 Å². The largest absolute Gasteiger partial charge is 0.340 e. The molecule has 156 valence electrons. The molecule has 2 N–H and O–H groups in total. The molecule has 2 aliphatic rings. The van der Waals surface area contributed by atoms with E-state index in [4.69, 9.17) is 5.73 Å². The Morgan fingerprint density at radius 2 is 1.86 bits per heavy atom. The Labute approximate surface area is 182 Å². The first kappa shape index (κ1) is 21.8. The number of halogens is 1. The molecule has 7 heteroatoms. The first-order valence-corrected chi connectivity index (χ1v) is 10.9. The summed E-state index contributed by atoms with van der Waals surface area (Å²) in [5, 5.41) is 1.91. The molecule has 0 bridgehead atoms. The Morgan fingerprint density at radius 1 is 1.07 bits per heavy atom. The van der Waals surface area contributed by atoms with E-state index >= 15 is 0 Å². The Morgan fingerprint density at radius 3 is 2.55 bits per heavy atom. The SMILES string of the molecule is Cl.NC[C@@H]1CN(C(=O)C2CCCCN2C(=O)c2cccs2)C[C@H]1c1ccccc1. The minimum Gasteiger partial charge on any atom is -0.340 e. The summed E-state index contributed by atoms with van der Waals surface area (Å²) in [6.45, 7) is 2.57. The monoisotopic (exact) mass is 433 g/mol. The van der Waals surface area contributed by atoms with Crippen molar-refractivity contribution in [3.8, 4) is 0 Å². The number of rotatable bonds is 4. The summed E-state index contributed by atoms with van der Waals surface area (Å²) in [7, 11) is 0. The second kappa shape index (κ2) is 9.74. The number of benzene rings is 1. The molecule has 0 spiro atoms. The van der Waals surface area contributed by atoms with Gasteiger partial charge in [-0.2, -0.15) is 0 Å². The molecule has 1 aromatic carbocycles. The normalized spacial score (nSPS) is 24.2. The Kier molecular flexibility index (Phi) is 7.33. The maximum Gasteiger partial charge on any atom is 0.264 e. The summed E-state index contributed by atoms with van der Waals surface area (Å²) in [4.78, 5) is 30.8. The topological polar surface area (TPSA) is 66.6 Å². The van der Waals surface area contributed by atoms with Crippen LogP contribution in [-0.4, -0.2) is 53.8 Å². The van der Waals surface area contributed by atoms with Gasteiger partial charge in [-0.15, -0.1) is 23.7 Å². The standard InChI is InChI=1S/C22H27N3O2S.ClH/c23-13-17-14-24(15-18(17)16-7-2-1-3-8-16)21(26)19-9-4-5-11-25(19)22(27)20-10-6-12-28-20;/h1-3,6-8,10,12,17-19H,4-5,9,11,13-15,23H2;1H/t17-,18+,19?;/m1./s1. The maximum atomic E-state index is 13.4. The van der Waals surface area contributed by atoms with Crippen LogP contribution in [0.25, 0.3) is 0 Å². The van der Waals surface area contributed by atoms with Crippen molar-refractivity contribution in [2.75, 3.05) is 26.2 Å². The number of carbonyl (C=O) groups excluding carboxylic acids is 2. The van der Waals surface area contributed by atoms with Crippen LogP contribution < -0.4 is 5.73 Å². The van der Waals surface area contributed by atoms with E-state index < -0.39 is 0 Å². The van der Waals surface area contributed by atoms with Crippen molar-refractivity contribution in [3.63, 3.8) is 0 Å². The van der Waals surface area contributed by atoms with Crippen LogP contribution in [-0.2, 0) is 4.79 Å². The first-order valence-electron chi connectivity index (χ1n) is 10.1. The molecule has 0 radical (unpaired) electrons. The van der Waals surface area contributed by atoms with Crippen LogP contribution in [0.3, 0.4) is 0 Å². The van der Waals surface area contributed by atoms with Crippen LogP contribution in [0.4, 0.5) is 0 Å². The van der Waals surface area contributed by atoms with Gasteiger partial charge in [0.1, 0.15) is 6.04 Å². The molecule has 3 heterocycles. The summed E-state index contributed by atoms with van der Waals surface area (Å²) in [5.74, 6) is 0.597. The quantitative estimate of drug-likeness (QED) is 0.803. The number of nitrogens with zero attached hydrogens (tertiary/aromatic N) is 2. The first-order chi connectivity index (χ1) is 13.7. The minimum atomic E-state index is -0.351. The van der Waals surface area contributed by atoms with Gasteiger partial charge in [-0.05, 0) is 48.7 Å². The van der Waals surface area contributed by atoms with Gasteiger partial charge < -0.3 is 15.5 Å². The zero-order valence-electron chi connectivity index (χ0n) is 16.4. The van der Waals surface area contributed by atoms with E-state index in [2.05, 4.69) is 12.1 Å². The molecular weight excluding hydrogens is 406 g/mol. The number of hydrogen-bond donors (Lipinski definition) is 1. The van der Waals surface area contributed by atoms with E-state index in [1.807, 2.05) is 40.6 Å². The van der Waals surface area contributed by atoms with Crippen LogP contribution in [0.1, 0.15) is 40.4 Å². The summed E-state index contributed by atoms with van der Waals surface area (Å²) in [5.41, 5.74) is 7.28. The number of piperidine rings is 1. The van der Waals surface area contributed by atoms with Gasteiger partial charge in [-0.3, -0.25) is 9.59 Å². The summed E-state index contributed by atoms with van der Waals surface area (Å²) < 4.78 is 0. The molecule has 4 rings (SSSR count). The van der Waals surface area contributed by atoms with Crippen molar-refractivity contribution in [1.82, 2.24) is 9.80 Å². The molecule has 2 aromatic rings. The summed E-state index contributed by atoms with van der Waals surface area (Å²) in [6, 6.07) is 13.7. The van der Waals surface area contributed by atoms with Crippen LogP contribution in [0.15, 0.2) is 47.8 Å². The highest BCUT2D eigenvalue weighted by Gasteiger charge is 2.41. The molecule has 29 heavy (non-hydrogen) atoms. The molecule has 3 atom stereocenters. The fraction of sp³-hybridized carbons (Fsp3) is 0.455. The van der Waals surface area contributed by atoms with Crippen LogP contribution in [0, 0.1) is 5.92 Å². The van der Waals surface area contributed by atoms with Crippen LogP contribution in [0.2, 0.25) is 0 Å². The third-order valence-electron chi connectivity index (χ3n) is 6.06. The number of amides is 2. The third kappa shape index (κ3) is 4.49. The summed E-state index contributed by atoms with van der Waals surface area (Å²) in [6.07, 6.45) is 2.69. The van der Waals surface area contributed by atoms with Gasteiger partial charge in [-0.1, -0.05) is 36.4 Å². The number of likely N-dealkylation sites (tertiary alicyclic amines) is 2. The fourth-order valence-electron chi connectivity index (χ4n) is 4.55. The van der Waals surface area contributed by atoms with Crippen LogP contribution in [0.5, 0.6) is 0 Å². The van der Waals surface area contributed by atoms with E-state index in [1.165, 1.54) is 16.9 Å². The molecule has 2 aliphatic heterocycles. The summed E-state index contributed by atoms with van der Waals surface area (Å²) >= 11 is 1.44. The van der Waals surface area contributed by atoms with Crippen molar-refractivity contribution in [2.45, 2.75) is 31.2 Å². The van der Waals surface area contributed by atoms with Gasteiger partial charge >= 0.3 is 0 Å². The minimum absolute atomic E-state index is 0. The molecule has 2 amide bonds. The van der Waals surface area contributed by atoms with E-state index in [1.54, 1.807) is 4.90 Å². The zero-order valence-corrected chi connectivity index (χ0v) is 18.0. The fourth-order valence-corrected chi connectivity index (χ4v) is 5.23. The lowest BCUT2D eigenvalue weighted by molar-refractivity contribution is -0.136. The van der Waals surface area contributed by atoms with Gasteiger partial charge in [0.25, 0.3) is 5.91 Å². The molecule has 2 fully saturated rings. The van der Waals surface area contributed by atoms with Gasteiger partial charge in [0.15, 0.2) is 0 Å². The van der Waals surface area contributed by atoms with E-state index in [0.717, 1.165) is 19.3 Å². The smallest absolute Gasteiger partial charge is 0.264 e. The molecule has 0 saturated carbocycles. The molecule has 5 nitrogen and oxygen atoms in total. The third-order valence-corrected chi connectivity index (χ3v) is 6.92. The average Bonchev–Trinajstić information content (AvgIpc) is 3.43. The van der Waals surface area contributed by atoms with E-state index in [0.29, 0.717) is 31.1 Å². The van der Waals surface area contributed by atoms with Gasteiger partial charge in [0.05, 0.1) is 4.88 Å². The predicted molar refractivity (Wildman–Crippen MR) is 119 cm³/mol. The van der Waals surface area contributed by atoms with Crippen molar-refractivity contribution in [1.29, 1.82) is 0 Å². The molecular formula is C22H28ClN3O2S. The highest BCUT2D eigenvalue weighted by Crippen LogP contribution is 2.33. The molecule has 1 unspecified atom stereocenters. The molecule has 0 aliphatic carbocycles. The Hall–Kier alpha value is -1.89. The number of hydrogen-bond acceptors (Lipinski definition) is 4. The molecule has 2 saturated heterocycles. The Bertz CT molecular complexity index is 815. The molecule has 1 aromatic heterocycles. The second-order valence-electron chi connectivity index (χ2n) is 7.74. The van der Waals surface area contributed by atoms with Gasteiger partial charge in [0, 0.05) is 25.6 Å². The lowest BCUT2D eigenvalue weighted by Gasteiger charge is -2.36. The number of carbonyl (C=O) groups is 2. The second-order valence-corrected chi connectivity index (χ2v) is 8.69. The van der Waals surface area contributed by atoms with Crippen molar-refractivity contribution in [2.24, 2.45) is 11.7 Å². The highest BCUT2D eigenvalue weighted by molar-refractivity contribution is 7.12.